The van der Waals surface area contributed by atoms with Gasteiger partial charge in [-0.2, -0.15) is 0 Å². The van der Waals surface area contributed by atoms with Gasteiger partial charge in [-0.3, -0.25) is 0 Å². The molecule has 1 aliphatic heterocycles. The molecule has 0 aromatic heterocycles. The number of rotatable bonds is 67. The fourth-order valence-corrected chi connectivity index (χ4v) is 14.8. The number of nitrogens with zero attached hydrogens (tertiary/aromatic N) is 2. The van der Waals surface area contributed by atoms with Crippen LogP contribution in [0, 0.1) is 0 Å². The molecule has 1 aliphatic rings. The standard InChI is InChI=1S/C40H60N2.2C23H47.Ni/c1-4-7-10-13-16-19-24-34-26-22-29-36(31-34)39-33-38(28-21-18-15-12-9-6-3)40(42(39)41)37-30-23-27-35(32-37)25-20-17-14-11-8-5-2;2*1-3-5-7-9-11-13-15-17-19-21-23-22-20-18-16-14-12-10-8-6-4-2;/h22-23,26-27,29-33H,4-21,24-25,28H2,1-3H3;2*1,3-23H2,2H3;. The molecule has 1 heterocycles. The van der Waals surface area contributed by atoms with E-state index in [0.29, 0.717) is 0 Å². The summed E-state index contributed by atoms with van der Waals surface area (Å²) in [7, 11) is 0. The summed E-state index contributed by atoms with van der Waals surface area (Å²) in [5.41, 5.74) is 19.9. The van der Waals surface area contributed by atoms with Crippen LogP contribution in [-0.2, 0) is 27.3 Å². The van der Waals surface area contributed by atoms with Crippen molar-refractivity contribution in [2.24, 2.45) is 0 Å². The summed E-state index contributed by atoms with van der Waals surface area (Å²) in [6.45, 7) is 11.5. The molecule has 0 atom stereocenters. The third-order valence-corrected chi connectivity index (χ3v) is 21.0. The summed E-state index contributed by atoms with van der Waals surface area (Å²) in [6, 6.07) is 17.9. The van der Waals surface area contributed by atoms with Crippen molar-refractivity contribution in [3.05, 3.63) is 88.0 Å². The second kappa shape index (κ2) is 66.1. The molecule has 0 amide bonds. The van der Waals surface area contributed by atoms with Crippen molar-refractivity contribution in [2.75, 3.05) is 0 Å². The monoisotopic (exact) mass is 1270 g/mol. The van der Waals surface area contributed by atoms with E-state index in [4.69, 9.17) is 0 Å². The third-order valence-electron chi connectivity index (χ3n) is 19.6. The van der Waals surface area contributed by atoms with E-state index >= 15 is 0 Å². The van der Waals surface area contributed by atoms with Crippen LogP contribution >= 0.6 is 0 Å². The van der Waals surface area contributed by atoms with Gasteiger partial charge >= 0.3 is 166 Å². The second-order valence-electron chi connectivity index (χ2n) is 28.3. The van der Waals surface area contributed by atoms with Crippen LogP contribution in [-0.4, -0.2) is 4.70 Å². The molecule has 3 heteroatoms. The fourth-order valence-electron chi connectivity index (χ4n) is 13.6. The van der Waals surface area contributed by atoms with Gasteiger partial charge in [-0.25, -0.2) is 4.70 Å². The summed E-state index contributed by atoms with van der Waals surface area (Å²) >= 11 is 2.05. The van der Waals surface area contributed by atoms with Crippen LogP contribution in [0.2, 0.25) is 10.8 Å². The van der Waals surface area contributed by atoms with Crippen LogP contribution in [0.5, 0.6) is 0 Å². The minimum absolute atomic E-state index is 0.928. The molecule has 2 aromatic carbocycles. The van der Waals surface area contributed by atoms with Gasteiger partial charge in [0.15, 0.2) is 0 Å². The Bertz CT molecular complexity index is 1830. The van der Waals surface area contributed by atoms with Crippen LogP contribution in [0.1, 0.15) is 449 Å². The van der Waals surface area contributed by atoms with Crippen LogP contribution in [0.15, 0.2) is 60.2 Å². The van der Waals surface area contributed by atoms with E-state index in [-0.39, 0.29) is 0 Å². The molecule has 0 bridgehead atoms. The van der Waals surface area contributed by atoms with E-state index in [0.717, 1.165) is 41.8 Å². The molecule has 89 heavy (non-hydrogen) atoms. The van der Waals surface area contributed by atoms with E-state index in [2.05, 4.69) is 104 Å². The van der Waals surface area contributed by atoms with Gasteiger partial charge in [-0.05, 0) is 73.9 Å². The average Bonchev–Trinajstić information content (AvgIpc) is 1.71. The molecule has 518 valence electrons. The van der Waals surface area contributed by atoms with Gasteiger partial charge in [0.05, 0.1) is 0 Å². The fraction of sp³-hybridized carbons (Fsp3) is 0.814. The minimum atomic E-state index is 0.928. The van der Waals surface area contributed by atoms with Gasteiger partial charge in [0.25, 0.3) is 0 Å². The zero-order valence-corrected chi connectivity index (χ0v) is 61.9. The van der Waals surface area contributed by atoms with Crippen LogP contribution in [0.25, 0.3) is 16.9 Å². The van der Waals surface area contributed by atoms with Crippen molar-refractivity contribution >= 4 is 11.4 Å². The van der Waals surface area contributed by atoms with Crippen molar-refractivity contribution < 1.29 is 19.1 Å². The number of hydrogen-bond donors (Lipinski definition) is 0. The molecule has 3 rings (SSSR count). The summed E-state index contributed by atoms with van der Waals surface area (Å²) in [4.78, 5) is 0. The Labute approximate surface area is 564 Å². The van der Waals surface area contributed by atoms with Gasteiger partial charge in [0.1, 0.15) is 0 Å². The Morgan fingerprint density at radius 1 is 0.270 bits per heavy atom. The van der Waals surface area contributed by atoms with Crippen LogP contribution < -0.4 is 0 Å². The number of benzene rings is 2. The Balaban J connectivity index is 0.000000609. The molecule has 0 aliphatic carbocycles. The van der Waals surface area contributed by atoms with E-state index in [9.17, 15) is 5.53 Å². The number of allylic oxidation sites excluding steroid dienone is 2. The Kier molecular flexibility index (Phi) is 61.7. The van der Waals surface area contributed by atoms with Gasteiger partial charge in [-0.1, -0.05) is 284 Å². The topological polar surface area (TPSA) is 25.3 Å². The first kappa shape index (κ1) is 83.1. The SMILES string of the molecule is CCCCCCCCC1=C(c2cccc(CCCCCCCC)c2)[N+](=[N-])C(c2cccc(CCCCCCCC)c2)=C1.CCCCCCCCCCCCCCCCCCCCCC[CH2][Ni][CH2]CCCCCCCCCCCCCCCCCCCCCC. The van der Waals surface area contributed by atoms with E-state index < -0.39 is 0 Å². The third kappa shape index (κ3) is 50.2. The predicted molar refractivity (Wildman–Crippen MR) is 398 cm³/mol. The molecule has 0 N–H and O–H groups in total. The smallest absolute Gasteiger partial charge is 0.0654 e. The molecule has 0 saturated heterocycles. The first-order valence-corrected chi connectivity index (χ1v) is 42.1. The Morgan fingerprint density at radius 2 is 0.506 bits per heavy atom. The molecular weight excluding hydrogens is 1120 g/mol. The van der Waals surface area contributed by atoms with Gasteiger partial charge < -0.3 is 5.53 Å². The Morgan fingerprint density at radius 3 is 0.798 bits per heavy atom. The normalized spacial score (nSPS) is 12.5. The van der Waals surface area contributed by atoms with E-state index in [1.54, 1.807) is 0 Å². The summed E-state index contributed by atoms with van der Waals surface area (Å²) < 4.78 is 1.50. The van der Waals surface area contributed by atoms with Crippen molar-refractivity contribution in [1.29, 1.82) is 0 Å². The van der Waals surface area contributed by atoms with E-state index in [1.807, 2.05) is 0 Å². The van der Waals surface area contributed by atoms with Gasteiger partial charge in [0.2, 0.25) is 11.4 Å². The second-order valence-corrected chi connectivity index (χ2v) is 29.8. The molecule has 0 fully saturated rings. The predicted octanol–water partition coefficient (Wildman–Crippen LogP) is 31.4. The molecule has 2 aromatic rings. The van der Waals surface area contributed by atoms with Crippen LogP contribution in [0.3, 0.4) is 0 Å². The zero-order valence-electron chi connectivity index (χ0n) is 60.9. The first-order valence-electron chi connectivity index (χ1n) is 40.7. The number of unbranched alkanes of at least 4 members (excludes halogenated alkanes) is 55. The van der Waals surface area contributed by atoms with E-state index in [1.165, 1.54) is 417 Å². The van der Waals surface area contributed by atoms with Crippen molar-refractivity contribution in [1.82, 2.24) is 0 Å². The maximum atomic E-state index is 11.7. The Hall–Kier alpha value is -1.99. The zero-order chi connectivity index (χ0) is 63.7. The first-order chi connectivity index (χ1) is 44.1. The molecule has 0 spiro atoms. The van der Waals surface area contributed by atoms with Crippen molar-refractivity contribution in [3.8, 4) is 0 Å². The summed E-state index contributed by atoms with van der Waals surface area (Å²) in [5.74, 6) is 0. The quantitative estimate of drug-likeness (QED) is 0.0358. The van der Waals surface area contributed by atoms with Gasteiger partial charge in [-0.15, -0.1) is 0 Å². The van der Waals surface area contributed by atoms with Gasteiger partial charge in [0, 0.05) is 22.8 Å². The van der Waals surface area contributed by atoms with Crippen LogP contribution in [0.4, 0.5) is 0 Å². The number of hydrogen-bond acceptors (Lipinski definition) is 0. The summed E-state index contributed by atoms with van der Waals surface area (Å²) in [5, 5.41) is 2.87. The summed E-state index contributed by atoms with van der Waals surface area (Å²) in [6.07, 6.45) is 91.3. The maximum absolute atomic E-state index is 11.7. The molecule has 2 nitrogen and oxygen atoms in total. The minimum Gasteiger partial charge on any atom is -0.0654 e. The molecule has 0 unspecified atom stereocenters. The molecule has 0 radical (unpaired) electrons. The van der Waals surface area contributed by atoms with Crippen molar-refractivity contribution in [3.63, 3.8) is 0 Å². The van der Waals surface area contributed by atoms with Crippen molar-refractivity contribution in [2.45, 2.75) is 450 Å². The average molecular weight is 1270 g/mol. The molecule has 0 saturated carbocycles. The number of aryl methyl sites for hydroxylation is 2. The molecular formula is C86H154N2Ni.